The molecule has 1 aromatic heterocycles. The van der Waals surface area contributed by atoms with Crippen LogP contribution in [0.4, 0.5) is 11.4 Å². The second-order valence-electron chi connectivity index (χ2n) is 6.52. The van der Waals surface area contributed by atoms with Crippen LogP contribution in [0.1, 0.15) is 25.1 Å². The average molecular weight is 458 g/mol. The van der Waals surface area contributed by atoms with Gasteiger partial charge in [0.25, 0.3) is 5.69 Å². The van der Waals surface area contributed by atoms with Crippen molar-refractivity contribution in [3.8, 4) is 17.1 Å². The molecule has 0 saturated heterocycles. The molecule has 9 nitrogen and oxygen atoms in total. The zero-order valence-corrected chi connectivity index (χ0v) is 18.1. The molecule has 0 saturated carbocycles. The number of aromatic nitrogens is 3. The Hall–Kier alpha value is -3.24. The normalized spacial score (nSPS) is 14.8. The van der Waals surface area contributed by atoms with Gasteiger partial charge in [0.05, 0.1) is 10.6 Å². The summed E-state index contributed by atoms with van der Waals surface area (Å²) in [6.07, 6.45) is 0.980. The van der Waals surface area contributed by atoms with Crippen molar-refractivity contribution in [2.75, 3.05) is 11.2 Å². The van der Waals surface area contributed by atoms with Gasteiger partial charge in [-0.3, -0.25) is 19.8 Å². The first-order valence-electron chi connectivity index (χ1n) is 9.25. The van der Waals surface area contributed by atoms with E-state index >= 15 is 0 Å². The predicted molar refractivity (Wildman–Crippen MR) is 116 cm³/mol. The lowest BCUT2D eigenvalue weighted by Gasteiger charge is -2.30. The highest BCUT2D eigenvalue weighted by Crippen LogP contribution is 2.44. The Labute approximate surface area is 186 Å². The molecule has 4 rings (SSSR count). The molecular weight excluding hydrogens is 442 g/mol. The number of hydrogen-bond acceptors (Lipinski definition) is 8. The Kier molecular flexibility index (Phi) is 5.75. The van der Waals surface area contributed by atoms with Crippen LogP contribution in [0.3, 0.4) is 0 Å². The minimum absolute atomic E-state index is 0.00907. The Morgan fingerprint density at radius 2 is 2.06 bits per heavy atom. The van der Waals surface area contributed by atoms with Crippen molar-refractivity contribution in [1.82, 2.24) is 15.2 Å². The molecule has 2 aromatic carbocycles. The first kappa shape index (κ1) is 21.0. The van der Waals surface area contributed by atoms with Gasteiger partial charge in [0.15, 0.2) is 5.69 Å². The van der Waals surface area contributed by atoms with Gasteiger partial charge in [-0.25, -0.2) is 0 Å². The summed E-state index contributed by atoms with van der Waals surface area (Å²) < 4.78 is 6.19. The van der Waals surface area contributed by atoms with Gasteiger partial charge in [0.2, 0.25) is 23.2 Å². The highest BCUT2D eigenvalue weighted by molar-refractivity contribution is 7.98. The number of nitro groups is 1. The number of anilines is 1. The molecule has 0 N–H and O–H groups in total. The van der Waals surface area contributed by atoms with E-state index in [-0.39, 0.29) is 28.9 Å². The lowest BCUT2D eigenvalue weighted by Crippen LogP contribution is -2.37. The summed E-state index contributed by atoms with van der Waals surface area (Å²) in [4.78, 5) is 29.8. The molecule has 1 atom stereocenters. The number of thioether (sulfide) groups is 1. The smallest absolute Gasteiger partial charge is 0.288 e. The molecule has 1 aliphatic rings. The van der Waals surface area contributed by atoms with Gasteiger partial charge in [-0.15, -0.1) is 10.2 Å². The minimum atomic E-state index is -1.02. The van der Waals surface area contributed by atoms with E-state index < -0.39 is 11.2 Å². The van der Waals surface area contributed by atoms with E-state index in [9.17, 15) is 14.9 Å². The predicted octanol–water partition coefficient (Wildman–Crippen LogP) is 4.66. The Morgan fingerprint density at radius 3 is 2.77 bits per heavy atom. The third-order valence-corrected chi connectivity index (χ3v) is 5.58. The fourth-order valence-electron chi connectivity index (χ4n) is 3.28. The third-order valence-electron chi connectivity index (χ3n) is 4.72. The summed E-state index contributed by atoms with van der Waals surface area (Å²) in [5, 5.41) is 20.2. The maximum Gasteiger partial charge on any atom is 0.288 e. The van der Waals surface area contributed by atoms with Gasteiger partial charge in [-0.2, -0.15) is 4.98 Å². The molecule has 0 aliphatic carbocycles. The van der Waals surface area contributed by atoms with Gasteiger partial charge >= 0.3 is 0 Å². The molecule has 1 amide bonds. The van der Waals surface area contributed by atoms with Gasteiger partial charge < -0.3 is 4.74 Å². The van der Waals surface area contributed by atoms with E-state index in [0.717, 1.165) is 0 Å². The van der Waals surface area contributed by atoms with Crippen molar-refractivity contribution in [3.63, 3.8) is 0 Å². The van der Waals surface area contributed by atoms with Gasteiger partial charge in [-0.05, 0) is 18.4 Å². The fraction of sp³-hybridized carbons (Fsp3) is 0.200. The van der Waals surface area contributed by atoms with E-state index in [1.165, 1.54) is 28.8 Å². The number of nitro benzene ring substituents is 1. The molecule has 3 aromatic rings. The second-order valence-corrected chi connectivity index (χ2v) is 7.71. The summed E-state index contributed by atoms with van der Waals surface area (Å²) in [5.41, 5.74) is 1.65. The standard InChI is InChI=1S/C20H16ClN5O4S/c1-3-16(27)25-14-7-5-4-6-12(14)17-18(22-20(31-2)24-23-17)30-19(25)11-8-9-13(21)15(10-11)26(28)29/h4-10,19H,3H2,1-2H3/t19-/m0/s1. The summed E-state index contributed by atoms with van der Waals surface area (Å²) in [6.45, 7) is 1.73. The van der Waals surface area contributed by atoms with Crippen LogP contribution in [0.25, 0.3) is 11.3 Å². The zero-order valence-electron chi connectivity index (χ0n) is 16.5. The third kappa shape index (κ3) is 3.79. The van der Waals surface area contributed by atoms with Crippen molar-refractivity contribution in [1.29, 1.82) is 0 Å². The van der Waals surface area contributed by atoms with Crippen LogP contribution in [0.5, 0.6) is 5.88 Å². The fourth-order valence-corrected chi connectivity index (χ4v) is 3.76. The summed E-state index contributed by atoms with van der Waals surface area (Å²) in [6, 6.07) is 11.5. The molecule has 0 bridgehead atoms. The molecule has 0 unspecified atom stereocenters. The van der Waals surface area contributed by atoms with Crippen LogP contribution < -0.4 is 9.64 Å². The number of carbonyl (C=O) groups is 1. The van der Waals surface area contributed by atoms with Crippen LogP contribution >= 0.6 is 23.4 Å². The molecule has 0 fully saturated rings. The van der Waals surface area contributed by atoms with E-state index in [4.69, 9.17) is 16.3 Å². The van der Waals surface area contributed by atoms with Crippen molar-refractivity contribution in [3.05, 3.63) is 63.2 Å². The number of ether oxygens (including phenoxy) is 1. The molecular formula is C20H16ClN5O4S. The van der Waals surface area contributed by atoms with Crippen molar-refractivity contribution in [2.24, 2.45) is 0 Å². The lowest BCUT2D eigenvalue weighted by atomic mass is 10.1. The summed E-state index contributed by atoms with van der Waals surface area (Å²) in [7, 11) is 0. The Bertz CT molecular complexity index is 1190. The molecule has 11 heteroatoms. The average Bonchev–Trinajstić information content (AvgIpc) is 2.92. The van der Waals surface area contributed by atoms with Gasteiger partial charge in [0, 0.05) is 23.6 Å². The molecule has 0 spiro atoms. The molecule has 2 heterocycles. The van der Waals surface area contributed by atoms with Gasteiger partial charge in [0.1, 0.15) is 5.02 Å². The SMILES string of the molecule is CCC(=O)N1c2ccccc2-c2nnc(SC)nc2O[C@H]1c1ccc(Cl)c([N+](=O)[O-])c1. The number of fused-ring (bicyclic) bond motifs is 3. The minimum Gasteiger partial charge on any atom is -0.447 e. The highest BCUT2D eigenvalue weighted by atomic mass is 35.5. The van der Waals surface area contributed by atoms with Crippen LogP contribution in [0.2, 0.25) is 5.02 Å². The number of halogens is 1. The highest BCUT2D eigenvalue weighted by Gasteiger charge is 2.36. The molecule has 31 heavy (non-hydrogen) atoms. The second kappa shape index (κ2) is 8.48. The van der Waals surface area contributed by atoms with Crippen molar-refractivity contribution >= 4 is 40.6 Å². The maximum absolute atomic E-state index is 13.1. The van der Waals surface area contributed by atoms with Crippen LogP contribution in [0, 0.1) is 10.1 Å². The Morgan fingerprint density at radius 1 is 1.29 bits per heavy atom. The number of nitrogens with zero attached hydrogens (tertiary/aromatic N) is 5. The van der Waals surface area contributed by atoms with E-state index in [1.807, 2.05) is 6.07 Å². The number of para-hydroxylation sites is 1. The van der Waals surface area contributed by atoms with Gasteiger partial charge in [-0.1, -0.05) is 54.6 Å². The zero-order chi connectivity index (χ0) is 22.1. The first-order chi connectivity index (χ1) is 14.9. The van der Waals surface area contributed by atoms with Crippen LogP contribution in [-0.4, -0.2) is 32.3 Å². The quantitative estimate of drug-likeness (QED) is 0.316. The topological polar surface area (TPSA) is 111 Å². The van der Waals surface area contributed by atoms with Crippen molar-refractivity contribution < 1.29 is 14.5 Å². The first-order valence-corrected chi connectivity index (χ1v) is 10.9. The summed E-state index contributed by atoms with van der Waals surface area (Å²) >= 11 is 7.29. The molecule has 1 aliphatic heterocycles. The number of hydrogen-bond donors (Lipinski definition) is 0. The molecule has 0 radical (unpaired) electrons. The molecule has 158 valence electrons. The monoisotopic (exact) mass is 457 g/mol. The van der Waals surface area contributed by atoms with Crippen LogP contribution in [-0.2, 0) is 4.79 Å². The number of amides is 1. The van der Waals surface area contributed by atoms with E-state index in [0.29, 0.717) is 27.7 Å². The lowest BCUT2D eigenvalue weighted by molar-refractivity contribution is -0.384. The summed E-state index contributed by atoms with van der Waals surface area (Å²) in [5.74, 6) is -0.0540. The largest absolute Gasteiger partial charge is 0.447 e. The van der Waals surface area contributed by atoms with E-state index in [2.05, 4.69) is 15.2 Å². The Balaban J connectivity index is 1.98. The maximum atomic E-state index is 13.1. The van der Waals surface area contributed by atoms with Crippen molar-refractivity contribution in [2.45, 2.75) is 24.7 Å². The van der Waals surface area contributed by atoms with E-state index in [1.54, 1.807) is 37.4 Å². The van der Waals surface area contributed by atoms with Crippen LogP contribution in [0.15, 0.2) is 47.6 Å². The number of carbonyl (C=O) groups excluding carboxylic acids is 1. The number of benzene rings is 2. The number of rotatable bonds is 4.